The van der Waals surface area contributed by atoms with Gasteiger partial charge in [-0.25, -0.2) is 0 Å². The van der Waals surface area contributed by atoms with E-state index in [9.17, 15) is 0 Å². The van der Waals surface area contributed by atoms with Crippen LogP contribution in [0.25, 0.3) is 24.3 Å². The fourth-order valence-corrected chi connectivity index (χ4v) is 4.18. The van der Waals surface area contributed by atoms with Gasteiger partial charge in [-0.3, -0.25) is 0 Å². The van der Waals surface area contributed by atoms with E-state index >= 15 is 0 Å². The highest BCUT2D eigenvalue weighted by Crippen LogP contribution is 2.40. The van der Waals surface area contributed by atoms with Crippen molar-refractivity contribution >= 4 is 24.3 Å². The van der Waals surface area contributed by atoms with Gasteiger partial charge in [0.25, 0.3) is 0 Å². The van der Waals surface area contributed by atoms with Crippen molar-refractivity contribution in [3.63, 3.8) is 0 Å². The van der Waals surface area contributed by atoms with E-state index in [1.807, 2.05) is 74.5 Å². The van der Waals surface area contributed by atoms with Crippen LogP contribution in [0.1, 0.15) is 36.1 Å². The summed E-state index contributed by atoms with van der Waals surface area (Å²) >= 11 is 0. The van der Waals surface area contributed by atoms with Crippen molar-refractivity contribution in [2.45, 2.75) is 13.8 Å². The average Bonchev–Trinajstić information content (AvgIpc) is 2.98. The van der Waals surface area contributed by atoms with Crippen LogP contribution in [-0.2, 0) is 0 Å². The van der Waals surface area contributed by atoms with Crippen LogP contribution < -0.4 is 37.9 Å². The van der Waals surface area contributed by atoms with Crippen LogP contribution >= 0.6 is 0 Å². The van der Waals surface area contributed by atoms with Crippen LogP contribution in [0.4, 0.5) is 0 Å². The molecular weight excluding hydrogens is 512 g/mol. The van der Waals surface area contributed by atoms with Gasteiger partial charge in [0, 0.05) is 11.1 Å². The summed E-state index contributed by atoms with van der Waals surface area (Å²) in [4.78, 5) is 0. The van der Waals surface area contributed by atoms with Gasteiger partial charge < -0.3 is 37.9 Å². The molecule has 0 unspecified atom stereocenters. The molecule has 0 amide bonds. The normalized spacial score (nSPS) is 11.0. The minimum Gasteiger partial charge on any atom is -0.493 e. The van der Waals surface area contributed by atoms with Crippen molar-refractivity contribution in [3.05, 3.63) is 58.7 Å². The third kappa shape index (κ3) is 6.94. The number of methoxy groups -OCH3 is 6. The van der Waals surface area contributed by atoms with Crippen LogP contribution in [0.2, 0.25) is 0 Å². The molecule has 0 N–H and O–H groups in total. The minimum absolute atomic E-state index is 0.509. The molecule has 3 aromatic carbocycles. The summed E-state index contributed by atoms with van der Waals surface area (Å²) in [6.07, 6.45) is 7.87. The average molecular weight is 551 g/mol. The van der Waals surface area contributed by atoms with Gasteiger partial charge in [-0.2, -0.15) is 0 Å². The lowest BCUT2D eigenvalue weighted by Gasteiger charge is -2.15. The van der Waals surface area contributed by atoms with Gasteiger partial charge in [0.2, 0.25) is 11.5 Å². The molecule has 8 nitrogen and oxygen atoms in total. The summed E-state index contributed by atoms with van der Waals surface area (Å²) in [5.41, 5.74) is 3.48. The molecular formula is C32H38O8. The van der Waals surface area contributed by atoms with E-state index in [-0.39, 0.29) is 0 Å². The molecule has 0 saturated heterocycles. The first-order chi connectivity index (χ1) is 19.5. The third-order valence-electron chi connectivity index (χ3n) is 6.03. The Labute approximate surface area is 236 Å². The van der Waals surface area contributed by atoms with Gasteiger partial charge in [0.1, 0.15) is 11.5 Å². The Bertz CT molecular complexity index is 1190. The molecule has 40 heavy (non-hydrogen) atoms. The lowest BCUT2D eigenvalue weighted by Crippen LogP contribution is -1.99. The maximum absolute atomic E-state index is 6.01. The van der Waals surface area contributed by atoms with Gasteiger partial charge in [0.15, 0.2) is 23.0 Å². The summed E-state index contributed by atoms with van der Waals surface area (Å²) in [5, 5.41) is 0. The lowest BCUT2D eigenvalue weighted by molar-refractivity contribution is 0.324. The summed E-state index contributed by atoms with van der Waals surface area (Å²) in [7, 11) is 9.54. The number of hydrogen-bond acceptors (Lipinski definition) is 8. The van der Waals surface area contributed by atoms with Gasteiger partial charge in [-0.05, 0) is 61.4 Å². The van der Waals surface area contributed by atoms with E-state index in [1.54, 1.807) is 42.7 Å². The Hall–Kier alpha value is -4.46. The van der Waals surface area contributed by atoms with Crippen molar-refractivity contribution in [2.24, 2.45) is 0 Å². The summed E-state index contributed by atoms with van der Waals surface area (Å²) in [6, 6.07) is 11.5. The van der Waals surface area contributed by atoms with Gasteiger partial charge in [-0.1, -0.05) is 24.3 Å². The monoisotopic (exact) mass is 550 g/mol. The largest absolute Gasteiger partial charge is 0.493 e. The highest BCUT2D eigenvalue weighted by molar-refractivity contribution is 5.80. The zero-order valence-electron chi connectivity index (χ0n) is 24.5. The first-order valence-corrected chi connectivity index (χ1v) is 12.9. The molecule has 0 radical (unpaired) electrons. The molecule has 0 saturated carbocycles. The molecule has 0 aliphatic heterocycles. The molecule has 0 heterocycles. The molecule has 0 spiro atoms. The topological polar surface area (TPSA) is 73.8 Å². The molecule has 3 aromatic rings. The molecule has 0 aromatic heterocycles. The minimum atomic E-state index is 0.509. The predicted octanol–water partition coefficient (Wildman–Crippen LogP) is 6.88. The molecule has 0 aliphatic carbocycles. The molecule has 3 rings (SSSR count). The van der Waals surface area contributed by atoms with Crippen LogP contribution in [-0.4, -0.2) is 55.9 Å². The molecule has 0 aliphatic rings. The first-order valence-electron chi connectivity index (χ1n) is 12.9. The molecule has 0 fully saturated rings. The van der Waals surface area contributed by atoms with Gasteiger partial charge >= 0.3 is 0 Å². The zero-order chi connectivity index (χ0) is 29.1. The highest BCUT2D eigenvalue weighted by Gasteiger charge is 2.14. The number of benzene rings is 3. The molecule has 0 atom stereocenters. The molecule has 8 heteroatoms. The van der Waals surface area contributed by atoms with Crippen LogP contribution in [0, 0.1) is 0 Å². The van der Waals surface area contributed by atoms with Gasteiger partial charge in [0.05, 0.1) is 55.9 Å². The summed E-state index contributed by atoms with van der Waals surface area (Å²) in [6.45, 7) is 4.92. The first kappa shape index (κ1) is 30.1. The number of rotatable bonds is 14. The number of hydrogen-bond donors (Lipinski definition) is 0. The van der Waals surface area contributed by atoms with Crippen LogP contribution in [0.15, 0.2) is 36.4 Å². The summed E-state index contributed by atoms with van der Waals surface area (Å²) < 4.78 is 44.9. The van der Waals surface area contributed by atoms with E-state index in [4.69, 9.17) is 37.9 Å². The maximum atomic E-state index is 6.01. The van der Waals surface area contributed by atoms with Crippen molar-refractivity contribution in [2.75, 3.05) is 55.9 Å². The molecule has 214 valence electrons. The van der Waals surface area contributed by atoms with Crippen molar-refractivity contribution < 1.29 is 37.9 Å². The third-order valence-corrected chi connectivity index (χ3v) is 6.03. The fraction of sp³-hybridized carbons (Fsp3) is 0.312. The Morgan fingerprint density at radius 1 is 0.425 bits per heavy atom. The second-order valence-corrected chi connectivity index (χ2v) is 8.38. The van der Waals surface area contributed by atoms with Crippen LogP contribution in [0.3, 0.4) is 0 Å². The van der Waals surface area contributed by atoms with Gasteiger partial charge in [-0.15, -0.1) is 0 Å². The second kappa shape index (κ2) is 14.6. The Kier molecular flexibility index (Phi) is 11.0. The van der Waals surface area contributed by atoms with E-state index in [2.05, 4.69) is 0 Å². The van der Waals surface area contributed by atoms with E-state index in [1.165, 1.54) is 0 Å². The Morgan fingerprint density at radius 3 is 1.00 bits per heavy atom. The van der Waals surface area contributed by atoms with Crippen LogP contribution in [0.5, 0.6) is 46.0 Å². The smallest absolute Gasteiger partial charge is 0.203 e. The van der Waals surface area contributed by atoms with E-state index < -0.39 is 0 Å². The fourth-order valence-electron chi connectivity index (χ4n) is 4.18. The predicted molar refractivity (Wildman–Crippen MR) is 159 cm³/mol. The standard InChI is InChI=1S/C32H38O8/c1-9-39-25-19-24(14-12-22-17-29(35-5)32(38-8)30(18-22)36-6)26(40-10-2)20-23(25)13-11-21-15-27(33-3)31(37-7)28(16-21)34-4/h11-20H,9-10H2,1-8H3/b13-11+,14-12+. The molecule has 0 bridgehead atoms. The lowest BCUT2D eigenvalue weighted by atomic mass is 10.0. The second-order valence-electron chi connectivity index (χ2n) is 8.38. The zero-order valence-corrected chi connectivity index (χ0v) is 24.5. The van der Waals surface area contributed by atoms with Crippen molar-refractivity contribution in [1.82, 2.24) is 0 Å². The highest BCUT2D eigenvalue weighted by atomic mass is 16.5. The summed E-state index contributed by atoms with van der Waals surface area (Å²) in [5.74, 6) is 4.83. The number of ether oxygens (including phenoxy) is 8. The Balaban J connectivity index is 2.05. The Morgan fingerprint density at radius 2 is 0.750 bits per heavy atom. The maximum Gasteiger partial charge on any atom is 0.203 e. The SMILES string of the molecule is CCOc1cc(/C=C/c2cc(OC)c(OC)c(OC)c2)c(OCC)cc1/C=C/c1cc(OC)c(OC)c(OC)c1. The van der Waals surface area contributed by atoms with E-state index in [0.29, 0.717) is 47.7 Å². The van der Waals surface area contributed by atoms with Crippen molar-refractivity contribution in [1.29, 1.82) is 0 Å². The van der Waals surface area contributed by atoms with Crippen molar-refractivity contribution in [3.8, 4) is 46.0 Å². The quantitative estimate of drug-likeness (QED) is 0.201. The van der Waals surface area contributed by atoms with E-state index in [0.717, 1.165) is 33.8 Å².